The molecule has 0 amide bonds. The molecule has 3 aromatic rings. The molecular weight excluding hydrogens is 366 g/mol. The molecular formula is C24H26ClN3. The normalized spacial score (nSPS) is 15.8. The van der Waals surface area contributed by atoms with Crippen LogP contribution in [-0.4, -0.2) is 17.8 Å². The van der Waals surface area contributed by atoms with Gasteiger partial charge in [-0.05, 0) is 40.8 Å². The van der Waals surface area contributed by atoms with Crippen molar-refractivity contribution in [3.05, 3.63) is 101 Å². The van der Waals surface area contributed by atoms with E-state index in [1.807, 2.05) is 12.1 Å². The minimum atomic E-state index is 0. The summed E-state index contributed by atoms with van der Waals surface area (Å²) < 4.78 is 0. The number of halogens is 1. The lowest BCUT2D eigenvalue weighted by Gasteiger charge is -2.20. The molecule has 3 aromatic carbocycles. The molecule has 28 heavy (non-hydrogen) atoms. The highest BCUT2D eigenvalue weighted by Crippen LogP contribution is 2.32. The SMILES string of the molecule is CN1Cc2ccccc2C(c2ccccc2)N=C1CCc1ccc(N)cc1.Cl. The number of anilines is 1. The van der Waals surface area contributed by atoms with Gasteiger partial charge in [-0.2, -0.15) is 0 Å². The van der Waals surface area contributed by atoms with Crippen LogP contribution in [0.2, 0.25) is 0 Å². The van der Waals surface area contributed by atoms with Crippen molar-refractivity contribution in [3.8, 4) is 0 Å². The van der Waals surface area contributed by atoms with Crippen molar-refractivity contribution in [2.75, 3.05) is 12.8 Å². The first kappa shape index (κ1) is 20.0. The number of hydrogen-bond acceptors (Lipinski definition) is 3. The van der Waals surface area contributed by atoms with Crippen molar-refractivity contribution in [2.24, 2.45) is 4.99 Å². The third-order valence-corrected chi connectivity index (χ3v) is 5.21. The third kappa shape index (κ3) is 4.37. The van der Waals surface area contributed by atoms with E-state index in [9.17, 15) is 0 Å². The molecule has 1 aliphatic rings. The van der Waals surface area contributed by atoms with Gasteiger partial charge in [0.2, 0.25) is 0 Å². The molecule has 0 aliphatic carbocycles. The van der Waals surface area contributed by atoms with Crippen LogP contribution in [0.4, 0.5) is 5.69 Å². The lowest BCUT2D eigenvalue weighted by molar-refractivity contribution is 0.490. The van der Waals surface area contributed by atoms with Crippen LogP contribution in [0.1, 0.15) is 34.7 Å². The average Bonchev–Trinajstić information content (AvgIpc) is 2.84. The van der Waals surface area contributed by atoms with Crippen molar-refractivity contribution in [3.63, 3.8) is 0 Å². The zero-order valence-corrected chi connectivity index (χ0v) is 16.9. The van der Waals surface area contributed by atoms with Gasteiger partial charge in [-0.15, -0.1) is 12.4 Å². The van der Waals surface area contributed by atoms with Crippen molar-refractivity contribution in [1.82, 2.24) is 4.90 Å². The quantitative estimate of drug-likeness (QED) is 0.616. The summed E-state index contributed by atoms with van der Waals surface area (Å²) in [5, 5.41) is 0. The standard InChI is InChI=1S/C24H25N3.ClH/c1-27-17-20-9-5-6-10-22(20)24(19-7-3-2-4-8-19)26-23(27)16-13-18-11-14-21(25)15-12-18;/h2-12,14-15,24H,13,16-17,25H2,1H3;1H. The van der Waals surface area contributed by atoms with Gasteiger partial charge in [0.05, 0.1) is 0 Å². The Morgan fingerprint density at radius 1 is 0.893 bits per heavy atom. The Kier molecular flexibility index (Phi) is 6.37. The monoisotopic (exact) mass is 391 g/mol. The maximum atomic E-state index is 5.81. The number of benzene rings is 3. The van der Waals surface area contributed by atoms with Crippen LogP contribution >= 0.6 is 12.4 Å². The van der Waals surface area contributed by atoms with E-state index in [0.717, 1.165) is 30.9 Å². The second kappa shape index (κ2) is 8.94. The maximum Gasteiger partial charge on any atom is 0.102 e. The molecule has 1 aliphatic heterocycles. The Labute approximate surface area is 173 Å². The summed E-state index contributed by atoms with van der Waals surface area (Å²) in [6.07, 6.45) is 1.87. The van der Waals surface area contributed by atoms with Gasteiger partial charge in [0, 0.05) is 25.7 Å². The molecule has 4 rings (SSSR count). The number of aliphatic imine (C=N–C) groups is 1. The van der Waals surface area contributed by atoms with Gasteiger partial charge in [0.25, 0.3) is 0 Å². The van der Waals surface area contributed by atoms with Crippen LogP contribution in [0.5, 0.6) is 0 Å². The van der Waals surface area contributed by atoms with E-state index in [1.165, 1.54) is 22.3 Å². The zero-order chi connectivity index (χ0) is 18.6. The molecule has 1 heterocycles. The Morgan fingerprint density at radius 3 is 2.32 bits per heavy atom. The summed E-state index contributed by atoms with van der Waals surface area (Å²) in [6.45, 7) is 0.889. The van der Waals surface area contributed by atoms with Crippen LogP contribution < -0.4 is 5.73 Å². The first-order valence-corrected chi connectivity index (χ1v) is 9.45. The lowest BCUT2D eigenvalue weighted by atomic mass is 9.95. The average molecular weight is 392 g/mol. The van der Waals surface area contributed by atoms with Crippen molar-refractivity contribution in [2.45, 2.75) is 25.4 Å². The molecule has 0 bridgehead atoms. The Hall–Kier alpha value is -2.78. The van der Waals surface area contributed by atoms with Gasteiger partial charge in [-0.1, -0.05) is 66.7 Å². The predicted molar refractivity (Wildman–Crippen MR) is 120 cm³/mol. The molecule has 0 saturated heterocycles. The van der Waals surface area contributed by atoms with Gasteiger partial charge in [0.1, 0.15) is 11.9 Å². The Balaban J connectivity index is 0.00000225. The molecule has 3 nitrogen and oxygen atoms in total. The van der Waals surface area contributed by atoms with Gasteiger partial charge < -0.3 is 10.6 Å². The molecule has 0 aromatic heterocycles. The molecule has 1 atom stereocenters. The van der Waals surface area contributed by atoms with Crippen LogP contribution in [-0.2, 0) is 13.0 Å². The first-order chi connectivity index (χ1) is 13.2. The number of nitrogens with two attached hydrogens (primary N) is 1. The highest BCUT2D eigenvalue weighted by atomic mass is 35.5. The second-order valence-corrected chi connectivity index (χ2v) is 7.16. The summed E-state index contributed by atoms with van der Waals surface area (Å²) >= 11 is 0. The number of amidine groups is 1. The van der Waals surface area contributed by atoms with Crippen LogP contribution in [0.25, 0.3) is 0 Å². The van der Waals surface area contributed by atoms with Gasteiger partial charge in [0.15, 0.2) is 0 Å². The van der Waals surface area contributed by atoms with Crippen LogP contribution in [0, 0.1) is 0 Å². The molecule has 4 heteroatoms. The highest BCUT2D eigenvalue weighted by Gasteiger charge is 2.23. The smallest absolute Gasteiger partial charge is 0.102 e. The maximum absolute atomic E-state index is 5.81. The van der Waals surface area contributed by atoms with E-state index >= 15 is 0 Å². The van der Waals surface area contributed by atoms with Crippen molar-refractivity contribution >= 4 is 23.9 Å². The summed E-state index contributed by atoms with van der Waals surface area (Å²) in [6, 6.07) is 27.5. The predicted octanol–water partition coefficient (Wildman–Crippen LogP) is 5.26. The number of aryl methyl sites for hydroxylation is 1. The van der Waals surface area contributed by atoms with E-state index in [-0.39, 0.29) is 18.4 Å². The summed E-state index contributed by atoms with van der Waals surface area (Å²) in [4.78, 5) is 7.51. The van der Waals surface area contributed by atoms with Gasteiger partial charge in [-0.3, -0.25) is 4.99 Å². The second-order valence-electron chi connectivity index (χ2n) is 7.16. The van der Waals surface area contributed by atoms with E-state index < -0.39 is 0 Å². The van der Waals surface area contributed by atoms with Crippen molar-refractivity contribution < 1.29 is 0 Å². The Morgan fingerprint density at radius 2 is 1.57 bits per heavy atom. The van der Waals surface area contributed by atoms with Crippen molar-refractivity contribution in [1.29, 1.82) is 0 Å². The fraction of sp³-hybridized carbons (Fsp3) is 0.208. The fourth-order valence-electron chi connectivity index (χ4n) is 3.69. The number of fused-ring (bicyclic) bond motifs is 1. The minimum Gasteiger partial charge on any atom is -0.399 e. The molecule has 0 saturated carbocycles. The largest absolute Gasteiger partial charge is 0.399 e. The number of nitrogen functional groups attached to an aromatic ring is 1. The Bertz CT molecular complexity index is 936. The molecule has 2 N–H and O–H groups in total. The zero-order valence-electron chi connectivity index (χ0n) is 16.1. The topological polar surface area (TPSA) is 41.6 Å². The third-order valence-electron chi connectivity index (χ3n) is 5.21. The number of nitrogens with zero attached hydrogens (tertiary/aromatic N) is 2. The molecule has 0 radical (unpaired) electrons. The number of rotatable bonds is 4. The molecule has 0 fully saturated rings. The summed E-state index contributed by atoms with van der Waals surface area (Å²) in [5.41, 5.74) is 11.8. The summed E-state index contributed by atoms with van der Waals surface area (Å²) in [5.74, 6) is 1.15. The fourth-order valence-corrected chi connectivity index (χ4v) is 3.69. The first-order valence-electron chi connectivity index (χ1n) is 9.45. The number of hydrogen-bond donors (Lipinski definition) is 1. The molecule has 0 spiro atoms. The lowest BCUT2D eigenvalue weighted by Crippen LogP contribution is -2.26. The minimum absolute atomic E-state index is 0. The highest BCUT2D eigenvalue weighted by molar-refractivity contribution is 5.85. The molecule has 1 unspecified atom stereocenters. The van der Waals surface area contributed by atoms with E-state index in [1.54, 1.807) is 0 Å². The van der Waals surface area contributed by atoms with E-state index in [2.05, 4.69) is 78.7 Å². The summed E-state index contributed by atoms with van der Waals surface area (Å²) in [7, 11) is 2.14. The van der Waals surface area contributed by atoms with E-state index in [0.29, 0.717) is 0 Å². The van der Waals surface area contributed by atoms with E-state index in [4.69, 9.17) is 10.7 Å². The van der Waals surface area contributed by atoms with Gasteiger partial charge in [-0.25, -0.2) is 0 Å². The van der Waals surface area contributed by atoms with Gasteiger partial charge >= 0.3 is 0 Å². The molecule has 144 valence electrons. The van der Waals surface area contributed by atoms with Crippen LogP contribution in [0.15, 0.2) is 83.9 Å². The van der Waals surface area contributed by atoms with Crippen LogP contribution in [0.3, 0.4) is 0 Å².